The number of H-pyrrole nitrogens is 1. The number of hydrogen-bond donors (Lipinski definition) is 1. The topological polar surface area (TPSA) is 92.7 Å². The Morgan fingerprint density at radius 1 is 1.06 bits per heavy atom. The molecule has 3 aliphatic rings. The largest absolute Gasteiger partial charge is 0.454 e. The lowest BCUT2D eigenvalue weighted by Crippen LogP contribution is -2.36. The van der Waals surface area contributed by atoms with Gasteiger partial charge in [-0.15, -0.1) is 0 Å². The van der Waals surface area contributed by atoms with Crippen molar-refractivity contribution in [3.63, 3.8) is 0 Å². The molecule has 0 radical (unpaired) electrons. The van der Waals surface area contributed by atoms with Crippen LogP contribution < -0.4 is 15.0 Å². The van der Waals surface area contributed by atoms with E-state index in [0.717, 1.165) is 90.6 Å². The number of aromatic nitrogens is 3. The maximum Gasteiger partial charge on any atom is 0.255 e. The van der Waals surface area contributed by atoms with Crippen LogP contribution in [-0.2, 0) is 19.5 Å². The van der Waals surface area contributed by atoms with E-state index in [0.29, 0.717) is 12.4 Å². The number of fused-ring (bicyclic) bond motifs is 2. The van der Waals surface area contributed by atoms with E-state index in [1.165, 1.54) is 0 Å². The Morgan fingerprint density at radius 2 is 2.00 bits per heavy atom. The number of nitrogens with one attached hydrogen (secondary N) is 1. The fraction of sp³-hybridized carbons (Fsp3) is 0.360. The van der Waals surface area contributed by atoms with Crippen molar-refractivity contribution in [1.29, 1.82) is 0 Å². The van der Waals surface area contributed by atoms with Crippen LogP contribution in [0.1, 0.15) is 41.9 Å². The van der Waals surface area contributed by atoms with E-state index in [9.17, 15) is 4.79 Å². The zero-order valence-corrected chi connectivity index (χ0v) is 18.3. The molecule has 0 unspecified atom stereocenters. The number of benzene rings is 1. The summed E-state index contributed by atoms with van der Waals surface area (Å²) in [7, 11) is 0. The van der Waals surface area contributed by atoms with Gasteiger partial charge >= 0.3 is 0 Å². The van der Waals surface area contributed by atoms with E-state index >= 15 is 0 Å². The third-order valence-corrected chi connectivity index (χ3v) is 6.44. The van der Waals surface area contributed by atoms with Crippen molar-refractivity contribution >= 4 is 5.71 Å². The first-order chi connectivity index (χ1) is 16.2. The summed E-state index contributed by atoms with van der Waals surface area (Å²) < 4.78 is 10.8. The minimum atomic E-state index is -0.0377. The number of aliphatic imine (C=N–C) groups is 1. The molecule has 3 aliphatic heterocycles. The molecule has 3 aromatic rings. The highest BCUT2D eigenvalue weighted by Gasteiger charge is 2.23. The zero-order chi connectivity index (χ0) is 22.2. The molecule has 0 bridgehead atoms. The minimum Gasteiger partial charge on any atom is -0.454 e. The first-order valence-corrected chi connectivity index (χ1v) is 11.5. The van der Waals surface area contributed by atoms with Crippen LogP contribution >= 0.6 is 0 Å². The summed E-state index contributed by atoms with van der Waals surface area (Å²) in [6, 6.07) is 9.98. The Hall–Kier alpha value is -3.52. The van der Waals surface area contributed by atoms with Crippen LogP contribution in [0, 0.1) is 0 Å². The molecule has 2 aromatic heterocycles. The summed E-state index contributed by atoms with van der Waals surface area (Å²) >= 11 is 0. The summed E-state index contributed by atoms with van der Waals surface area (Å²) in [6.07, 6.45) is 5.78. The average Bonchev–Trinajstić information content (AvgIpc) is 3.33. The van der Waals surface area contributed by atoms with Gasteiger partial charge in [0.05, 0.1) is 22.7 Å². The van der Waals surface area contributed by atoms with Crippen LogP contribution in [0.5, 0.6) is 11.5 Å². The highest BCUT2D eigenvalue weighted by Crippen LogP contribution is 2.35. The molecule has 5 heterocycles. The average molecular weight is 444 g/mol. The van der Waals surface area contributed by atoms with Crippen molar-refractivity contribution in [2.75, 3.05) is 19.9 Å². The molecule has 168 valence electrons. The van der Waals surface area contributed by atoms with E-state index < -0.39 is 0 Å². The number of nitrogens with zero attached hydrogens (tertiary/aromatic N) is 4. The second-order valence-corrected chi connectivity index (χ2v) is 8.71. The molecule has 0 aliphatic carbocycles. The van der Waals surface area contributed by atoms with Gasteiger partial charge in [0.15, 0.2) is 17.3 Å². The summed E-state index contributed by atoms with van der Waals surface area (Å²) in [5, 5.41) is 0. The highest BCUT2D eigenvalue weighted by molar-refractivity contribution is 5.97. The van der Waals surface area contributed by atoms with Crippen LogP contribution in [0.3, 0.4) is 0 Å². The van der Waals surface area contributed by atoms with Crippen LogP contribution in [0.4, 0.5) is 0 Å². The van der Waals surface area contributed by atoms with Crippen LogP contribution in [0.2, 0.25) is 0 Å². The normalized spacial score (nSPS) is 17.5. The van der Waals surface area contributed by atoms with E-state index in [1.54, 1.807) is 0 Å². The smallest absolute Gasteiger partial charge is 0.255 e. The third kappa shape index (κ3) is 4.02. The van der Waals surface area contributed by atoms with Crippen LogP contribution in [0.15, 0.2) is 46.3 Å². The van der Waals surface area contributed by atoms with E-state index in [-0.39, 0.29) is 12.4 Å². The lowest BCUT2D eigenvalue weighted by atomic mass is 10.0. The van der Waals surface area contributed by atoms with Gasteiger partial charge in [0.1, 0.15) is 0 Å². The Bertz CT molecular complexity index is 1280. The standard InChI is InChI=1S/C25H25N5O3/c31-25-18-14-30(10-8-20(18)28-24(29-25)21-3-1-2-9-26-21)13-16-4-6-19(27-12-16)17-5-7-22-23(11-17)33-15-32-22/h4-7,11-12H,1-3,8-10,13-15H2,(H,28,29,31). The minimum absolute atomic E-state index is 0.0377. The van der Waals surface area contributed by atoms with Gasteiger partial charge in [0, 0.05) is 44.4 Å². The van der Waals surface area contributed by atoms with Crippen molar-refractivity contribution < 1.29 is 9.47 Å². The Morgan fingerprint density at radius 3 is 2.85 bits per heavy atom. The monoisotopic (exact) mass is 443 g/mol. The van der Waals surface area contributed by atoms with Gasteiger partial charge in [-0.05, 0) is 49.1 Å². The molecule has 8 heteroatoms. The van der Waals surface area contributed by atoms with Gasteiger partial charge in [0.25, 0.3) is 5.56 Å². The summed E-state index contributed by atoms with van der Waals surface area (Å²) in [5.41, 5.74) is 5.58. The second-order valence-electron chi connectivity index (χ2n) is 8.71. The summed E-state index contributed by atoms with van der Waals surface area (Å²) in [4.78, 5) is 32.0. The molecule has 1 N–H and O–H groups in total. The fourth-order valence-electron chi connectivity index (χ4n) is 4.65. The van der Waals surface area contributed by atoms with Gasteiger partial charge in [-0.25, -0.2) is 4.98 Å². The first-order valence-electron chi connectivity index (χ1n) is 11.5. The quantitative estimate of drug-likeness (QED) is 0.666. The van der Waals surface area contributed by atoms with Crippen molar-refractivity contribution in [2.45, 2.75) is 38.8 Å². The molecule has 33 heavy (non-hydrogen) atoms. The fourth-order valence-corrected chi connectivity index (χ4v) is 4.65. The van der Waals surface area contributed by atoms with Gasteiger partial charge in [-0.1, -0.05) is 6.07 Å². The maximum atomic E-state index is 12.8. The van der Waals surface area contributed by atoms with E-state index in [2.05, 4.69) is 25.9 Å². The molecule has 0 fully saturated rings. The molecule has 1 aromatic carbocycles. The number of hydrogen-bond acceptors (Lipinski definition) is 7. The van der Waals surface area contributed by atoms with E-state index in [4.69, 9.17) is 14.5 Å². The number of ether oxygens (including phenoxy) is 2. The van der Waals surface area contributed by atoms with Gasteiger partial charge in [-0.2, -0.15) is 0 Å². The number of aromatic amines is 1. The Balaban J connectivity index is 1.16. The van der Waals surface area contributed by atoms with Crippen molar-refractivity contribution in [2.24, 2.45) is 4.99 Å². The lowest BCUT2D eigenvalue weighted by molar-refractivity contribution is 0.174. The molecule has 6 rings (SSSR count). The van der Waals surface area contributed by atoms with Crippen LogP contribution in [0.25, 0.3) is 11.3 Å². The molecule has 8 nitrogen and oxygen atoms in total. The zero-order valence-electron chi connectivity index (χ0n) is 18.3. The molecule has 0 saturated carbocycles. The molecular formula is C25H25N5O3. The second kappa shape index (κ2) is 8.44. The number of rotatable bonds is 4. The Kier molecular flexibility index (Phi) is 5.14. The number of pyridine rings is 1. The highest BCUT2D eigenvalue weighted by atomic mass is 16.7. The predicted molar refractivity (Wildman–Crippen MR) is 124 cm³/mol. The molecule has 0 atom stereocenters. The molecule has 0 amide bonds. The lowest BCUT2D eigenvalue weighted by Gasteiger charge is -2.27. The van der Waals surface area contributed by atoms with Crippen molar-refractivity contribution in [3.8, 4) is 22.8 Å². The third-order valence-electron chi connectivity index (χ3n) is 6.44. The van der Waals surface area contributed by atoms with Gasteiger partial charge in [-0.3, -0.25) is 19.7 Å². The predicted octanol–water partition coefficient (Wildman–Crippen LogP) is 3.09. The Labute approximate surface area is 191 Å². The maximum absolute atomic E-state index is 12.8. The van der Waals surface area contributed by atoms with Gasteiger partial charge < -0.3 is 14.5 Å². The summed E-state index contributed by atoms with van der Waals surface area (Å²) in [6.45, 7) is 3.28. The molecule has 0 saturated heterocycles. The SMILES string of the molecule is O=c1[nH]c(C2=NCCCC2)nc2c1CN(Cc1ccc(-c3ccc4c(c3)OCO4)nc1)CC2. The van der Waals surface area contributed by atoms with Crippen molar-refractivity contribution in [1.82, 2.24) is 19.9 Å². The van der Waals surface area contributed by atoms with E-state index in [1.807, 2.05) is 30.5 Å². The summed E-state index contributed by atoms with van der Waals surface area (Å²) in [5.74, 6) is 2.18. The first kappa shape index (κ1) is 20.1. The molecule has 0 spiro atoms. The van der Waals surface area contributed by atoms with Crippen molar-refractivity contribution in [3.05, 3.63) is 69.5 Å². The van der Waals surface area contributed by atoms with Crippen LogP contribution in [-0.4, -0.2) is 45.4 Å². The molecular weight excluding hydrogens is 418 g/mol. The van der Waals surface area contributed by atoms with Gasteiger partial charge in [0.2, 0.25) is 6.79 Å².